The zero-order chi connectivity index (χ0) is 30.4. The number of rotatable bonds is 0. The molecule has 2 saturated heterocycles. The highest BCUT2D eigenvalue weighted by molar-refractivity contribution is 5.83. The van der Waals surface area contributed by atoms with Crippen LogP contribution in [0.2, 0.25) is 0 Å². The quantitative estimate of drug-likeness (QED) is 0.320. The van der Waals surface area contributed by atoms with Crippen LogP contribution in [0.3, 0.4) is 0 Å². The molecule has 2 aromatic rings. The van der Waals surface area contributed by atoms with E-state index in [-0.39, 0.29) is 28.3 Å². The molecule has 256 valence electrons. The van der Waals surface area contributed by atoms with Crippen LogP contribution in [0.25, 0.3) is 10.9 Å². The predicted octanol–water partition coefficient (Wildman–Crippen LogP) is 8.52. The van der Waals surface area contributed by atoms with Gasteiger partial charge in [0.2, 0.25) is 0 Å². The maximum atomic E-state index is 10.6. The number of hydrogen-bond acceptors (Lipinski definition) is 4. The van der Waals surface area contributed by atoms with E-state index >= 15 is 0 Å². The second-order valence-corrected chi connectivity index (χ2v) is 13.3. The number of aromatic nitrogens is 1. The largest absolute Gasteiger partial charge is 0.350 e. The van der Waals surface area contributed by atoms with E-state index in [0.29, 0.717) is 12.1 Å². The van der Waals surface area contributed by atoms with Gasteiger partial charge in [0, 0.05) is 81.1 Å². The van der Waals surface area contributed by atoms with Crippen LogP contribution in [-0.2, 0) is 7.05 Å². The lowest BCUT2D eigenvalue weighted by molar-refractivity contribution is 0.0447. The van der Waals surface area contributed by atoms with E-state index in [1.807, 2.05) is 13.1 Å². The van der Waals surface area contributed by atoms with Gasteiger partial charge < -0.3 is 19.7 Å². The van der Waals surface area contributed by atoms with Crippen molar-refractivity contribution in [3.63, 3.8) is 0 Å². The number of nitrogens with zero attached hydrogens (tertiary/aromatic N) is 5. The predicted molar refractivity (Wildman–Crippen MR) is 198 cm³/mol. The molecule has 1 saturated carbocycles. The number of hydrogen-bond donors (Lipinski definition) is 1. The van der Waals surface area contributed by atoms with Gasteiger partial charge in [0.1, 0.15) is 0 Å². The maximum absolute atomic E-state index is 10.6. The van der Waals surface area contributed by atoms with Crippen molar-refractivity contribution in [3.05, 3.63) is 47.3 Å². The summed E-state index contributed by atoms with van der Waals surface area (Å²) in [6, 6.07) is 11.3. The number of fused-ring (bicyclic) bond motifs is 2. The fourth-order valence-electron chi connectivity index (χ4n) is 7.02. The third kappa shape index (κ3) is 10.2. The number of para-hydroxylation sites is 1. The van der Waals surface area contributed by atoms with Crippen molar-refractivity contribution in [1.29, 1.82) is 0 Å². The standard InChI is InChI=1S/C11H21N.C10H11N.C9H14N2.C5H10N2O.3CH4/c1-9-7-8-10-5-3-4-6-11(10)12(9)2;1-8-7-11(2)10-6-4-3-5-9(8)10;1-7-5-8-3-4-10-9(8)6-11(7)2;1-4-3-6-5(8)7(4)2;;;/h9-11H,3-8H2,1-2H3;3-7H,1-2H3;4,7H,3,5-6H2,1-2H3;4H,3H2,1-2H3,(H,6,8);3*1H4. The van der Waals surface area contributed by atoms with Gasteiger partial charge in [-0.15, -0.1) is 0 Å². The smallest absolute Gasteiger partial charge is 0.317 e. The van der Waals surface area contributed by atoms with E-state index in [1.165, 1.54) is 67.1 Å². The molecule has 4 aliphatic heterocycles. The third-order valence-electron chi connectivity index (χ3n) is 10.4. The van der Waals surface area contributed by atoms with Gasteiger partial charge in [0.25, 0.3) is 0 Å². The summed E-state index contributed by atoms with van der Waals surface area (Å²) in [5.41, 5.74) is 5.55. The van der Waals surface area contributed by atoms with Gasteiger partial charge in [-0.1, -0.05) is 53.3 Å². The molecule has 5 aliphatic rings. The van der Waals surface area contributed by atoms with Crippen molar-refractivity contribution < 1.29 is 4.79 Å². The van der Waals surface area contributed by atoms with Crippen molar-refractivity contribution in [2.45, 2.75) is 126 Å². The van der Waals surface area contributed by atoms with E-state index in [4.69, 9.17) is 0 Å². The summed E-state index contributed by atoms with van der Waals surface area (Å²) in [7, 11) is 8.37. The van der Waals surface area contributed by atoms with Crippen LogP contribution in [0.1, 0.15) is 100.0 Å². The van der Waals surface area contributed by atoms with Gasteiger partial charge in [-0.2, -0.15) is 0 Å². The fraction of sp³-hybridized carbons (Fsp3) is 0.684. The molecule has 5 unspecified atom stereocenters. The van der Waals surface area contributed by atoms with Gasteiger partial charge in [0.15, 0.2) is 0 Å². The highest BCUT2D eigenvalue weighted by atomic mass is 16.2. The Kier molecular flexibility index (Phi) is 16.6. The van der Waals surface area contributed by atoms with Crippen LogP contribution < -0.4 is 5.32 Å². The van der Waals surface area contributed by atoms with E-state index in [0.717, 1.165) is 37.5 Å². The molecular formula is C38H68N6O. The Balaban J connectivity index is 0.000000296. The topological polar surface area (TPSA) is 56.1 Å². The average Bonchev–Trinajstić information content (AvgIpc) is 3.65. The number of nitrogens with one attached hydrogen (secondary N) is 1. The van der Waals surface area contributed by atoms with E-state index in [9.17, 15) is 4.79 Å². The Morgan fingerprint density at radius 2 is 1.56 bits per heavy atom. The summed E-state index contributed by atoms with van der Waals surface area (Å²) in [5.74, 6) is 1.04. The lowest BCUT2D eigenvalue weighted by atomic mass is 9.77. The summed E-state index contributed by atoms with van der Waals surface area (Å²) in [5, 5.41) is 4.06. The molecule has 7 nitrogen and oxygen atoms in total. The zero-order valence-electron chi connectivity index (χ0n) is 27.6. The highest BCUT2D eigenvalue weighted by Gasteiger charge is 2.34. The van der Waals surface area contributed by atoms with Crippen molar-refractivity contribution in [1.82, 2.24) is 24.6 Å². The first kappa shape index (κ1) is 40.4. The average molecular weight is 625 g/mol. The van der Waals surface area contributed by atoms with Crippen LogP contribution in [0, 0.1) is 12.8 Å². The number of carbonyl (C=O) groups excluding carboxylic acids is 1. The fourth-order valence-corrected chi connectivity index (χ4v) is 7.02. The molecule has 0 bridgehead atoms. The number of likely N-dealkylation sites (tertiary alicyclic amines) is 1. The molecule has 1 aliphatic carbocycles. The molecule has 3 fully saturated rings. The number of carbonyl (C=O) groups is 1. The SMILES string of the molecule is C.C.C.CC1CC2=C(CN1C)N=CC2.CC1CCC2CCCCC2N1C.CC1CNC(=O)N1C.Cc1cn(C)c2ccccc12. The minimum absolute atomic E-state index is 0. The minimum atomic E-state index is 0. The molecule has 1 aromatic heterocycles. The van der Waals surface area contributed by atoms with Crippen LogP contribution in [0.4, 0.5) is 4.79 Å². The van der Waals surface area contributed by atoms with Crippen molar-refractivity contribution >= 4 is 23.1 Å². The minimum Gasteiger partial charge on any atom is -0.350 e. The second-order valence-electron chi connectivity index (χ2n) is 13.3. The summed E-state index contributed by atoms with van der Waals surface area (Å²) >= 11 is 0. The lowest BCUT2D eigenvalue weighted by Gasteiger charge is -2.45. The van der Waals surface area contributed by atoms with E-state index in [2.05, 4.69) is 97.1 Å². The van der Waals surface area contributed by atoms with Gasteiger partial charge >= 0.3 is 6.03 Å². The van der Waals surface area contributed by atoms with E-state index < -0.39 is 0 Å². The van der Waals surface area contributed by atoms with Gasteiger partial charge in [-0.25, -0.2) is 4.79 Å². The summed E-state index contributed by atoms with van der Waals surface area (Å²) in [6.45, 7) is 10.6. The van der Waals surface area contributed by atoms with Gasteiger partial charge in [-0.3, -0.25) is 9.89 Å². The third-order valence-corrected chi connectivity index (χ3v) is 10.4. The number of piperidine rings is 1. The number of urea groups is 1. The first-order chi connectivity index (χ1) is 20.1. The van der Waals surface area contributed by atoms with Crippen molar-refractivity contribution in [2.75, 3.05) is 34.2 Å². The molecule has 0 spiro atoms. The van der Waals surface area contributed by atoms with E-state index in [1.54, 1.807) is 17.5 Å². The molecule has 5 atom stereocenters. The number of amides is 2. The normalized spacial score (nSPS) is 27.1. The monoisotopic (exact) mass is 625 g/mol. The van der Waals surface area contributed by atoms with Crippen molar-refractivity contribution in [3.8, 4) is 0 Å². The molecule has 7 heteroatoms. The Labute approximate surface area is 277 Å². The Bertz CT molecular complexity index is 1210. The number of aryl methyl sites for hydroxylation is 2. The molecule has 45 heavy (non-hydrogen) atoms. The first-order valence-electron chi connectivity index (χ1n) is 16.2. The molecule has 5 heterocycles. The number of benzene rings is 1. The second kappa shape index (κ2) is 18.5. The number of aliphatic imine (C=N–C) groups is 1. The number of likely N-dealkylation sites (N-methyl/N-ethyl adjacent to an activating group) is 2. The molecular weight excluding hydrogens is 556 g/mol. The Hall–Kier alpha value is -2.64. The maximum Gasteiger partial charge on any atom is 0.317 e. The van der Waals surface area contributed by atoms with Crippen LogP contribution in [-0.4, -0.2) is 89.9 Å². The highest BCUT2D eigenvalue weighted by Crippen LogP contribution is 2.36. The summed E-state index contributed by atoms with van der Waals surface area (Å²) in [4.78, 5) is 21.6. The van der Waals surface area contributed by atoms with Gasteiger partial charge in [0.05, 0.1) is 5.70 Å². The zero-order valence-corrected chi connectivity index (χ0v) is 27.6. The Morgan fingerprint density at radius 3 is 2.18 bits per heavy atom. The molecule has 7 rings (SSSR count). The summed E-state index contributed by atoms with van der Waals surface area (Å²) in [6.07, 6.45) is 15.4. The van der Waals surface area contributed by atoms with Crippen molar-refractivity contribution in [2.24, 2.45) is 18.0 Å². The lowest BCUT2D eigenvalue weighted by Crippen LogP contribution is -2.48. The van der Waals surface area contributed by atoms with Gasteiger partial charge in [-0.05, 0) is 97.0 Å². The Morgan fingerprint density at radius 1 is 0.867 bits per heavy atom. The molecule has 2 amide bonds. The van der Waals surface area contributed by atoms with Crippen LogP contribution in [0.5, 0.6) is 0 Å². The molecule has 0 radical (unpaired) electrons. The molecule has 1 aromatic carbocycles. The first-order valence-corrected chi connectivity index (χ1v) is 16.2. The van der Waals surface area contributed by atoms with Crippen LogP contribution in [0.15, 0.2) is 46.7 Å². The van der Waals surface area contributed by atoms with Crippen LogP contribution >= 0.6 is 0 Å². The molecule has 1 N–H and O–H groups in total. The summed E-state index contributed by atoms with van der Waals surface area (Å²) < 4.78 is 2.16.